The quantitative estimate of drug-likeness (QED) is 0.420. The molecular weight excluding hydrogens is 434 g/mol. The van der Waals surface area contributed by atoms with E-state index in [9.17, 15) is 4.79 Å². The summed E-state index contributed by atoms with van der Waals surface area (Å²) in [6, 6.07) is 8.86. The van der Waals surface area contributed by atoms with Crippen molar-refractivity contribution in [3.05, 3.63) is 50.8 Å². The summed E-state index contributed by atoms with van der Waals surface area (Å²) in [7, 11) is 7.75. The van der Waals surface area contributed by atoms with Crippen molar-refractivity contribution in [2.24, 2.45) is 0 Å². The Hall–Kier alpha value is -3.79. The van der Waals surface area contributed by atoms with Crippen LogP contribution in [-0.4, -0.2) is 50.1 Å². The predicted molar refractivity (Wildman–Crippen MR) is 121 cm³/mol. The Balaban J connectivity index is 1.80. The summed E-state index contributed by atoms with van der Waals surface area (Å²) in [5, 5.41) is 4.40. The van der Waals surface area contributed by atoms with Gasteiger partial charge in [-0.2, -0.15) is 9.50 Å². The van der Waals surface area contributed by atoms with E-state index in [1.165, 1.54) is 37.2 Å². The lowest BCUT2D eigenvalue weighted by atomic mass is 10.1. The fraction of sp³-hybridized carbons (Fsp3) is 0.227. The van der Waals surface area contributed by atoms with E-state index in [-0.39, 0.29) is 5.56 Å². The average molecular weight is 455 g/mol. The van der Waals surface area contributed by atoms with E-state index in [1.807, 2.05) is 6.07 Å². The standard InChI is InChI=1S/C22H21N3O6S/c1-27-14-7-6-12(15(11-14)28-2)10-18-21(26)25-22(32-18)23-20(24-25)13-8-16(29-3)19(31-5)17(9-13)30-4/h6-11H,1-5H3/b18-10-. The van der Waals surface area contributed by atoms with Crippen molar-refractivity contribution in [2.45, 2.75) is 0 Å². The molecular formula is C22H21N3O6S. The molecule has 2 heterocycles. The number of nitrogens with zero attached hydrogens (tertiary/aromatic N) is 3. The summed E-state index contributed by atoms with van der Waals surface area (Å²) in [6.07, 6.45) is 1.75. The Morgan fingerprint density at radius 2 is 1.56 bits per heavy atom. The summed E-state index contributed by atoms with van der Waals surface area (Å²) in [5.41, 5.74) is 1.12. The van der Waals surface area contributed by atoms with Gasteiger partial charge >= 0.3 is 0 Å². The molecule has 0 amide bonds. The summed E-state index contributed by atoms with van der Waals surface area (Å²) in [6.45, 7) is 0. The van der Waals surface area contributed by atoms with Gasteiger partial charge in [-0.1, -0.05) is 11.3 Å². The van der Waals surface area contributed by atoms with Crippen LogP contribution in [0.25, 0.3) is 22.4 Å². The van der Waals surface area contributed by atoms with Crippen molar-refractivity contribution in [2.75, 3.05) is 35.5 Å². The van der Waals surface area contributed by atoms with Gasteiger partial charge in [0.05, 0.1) is 40.1 Å². The van der Waals surface area contributed by atoms with Crippen molar-refractivity contribution >= 4 is 22.4 Å². The number of benzene rings is 2. The smallest absolute Gasteiger partial charge is 0.291 e. The van der Waals surface area contributed by atoms with E-state index in [0.29, 0.717) is 49.6 Å². The molecule has 0 saturated carbocycles. The molecule has 0 aliphatic rings. The van der Waals surface area contributed by atoms with E-state index in [1.54, 1.807) is 44.6 Å². The molecule has 4 aromatic rings. The zero-order valence-electron chi connectivity index (χ0n) is 18.2. The van der Waals surface area contributed by atoms with Crippen LogP contribution in [0, 0.1) is 0 Å². The molecule has 0 unspecified atom stereocenters. The van der Waals surface area contributed by atoms with Crippen molar-refractivity contribution < 1.29 is 23.7 Å². The molecule has 0 radical (unpaired) electrons. The van der Waals surface area contributed by atoms with E-state index in [2.05, 4.69) is 10.1 Å². The minimum atomic E-state index is -0.269. The van der Waals surface area contributed by atoms with Crippen LogP contribution in [0.1, 0.15) is 5.56 Å². The number of methoxy groups -OCH3 is 5. The van der Waals surface area contributed by atoms with Crippen LogP contribution in [0.15, 0.2) is 35.1 Å². The summed E-state index contributed by atoms with van der Waals surface area (Å²) in [4.78, 5) is 18.0. The second kappa shape index (κ2) is 8.75. The molecule has 9 nitrogen and oxygen atoms in total. The fourth-order valence-electron chi connectivity index (χ4n) is 3.25. The molecule has 0 fully saturated rings. The van der Waals surface area contributed by atoms with Crippen molar-refractivity contribution in [1.82, 2.24) is 14.6 Å². The number of thiazole rings is 1. The van der Waals surface area contributed by atoms with Crippen LogP contribution in [0.2, 0.25) is 0 Å². The number of aromatic nitrogens is 3. The Morgan fingerprint density at radius 3 is 2.12 bits per heavy atom. The Kier molecular flexibility index (Phi) is 5.87. The molecule has 0 N–H and O–H groups in total. The molecule has 10 heteroatoms. The molecule has 0 atom stereocenters. The van der Waals surface area contributed by atoms with Gasteiger partial charge in [0.15, 0.2) is 17.3 Å². The van der Waals surface area contributed by atoms with Gasteiger partial charge in [0, 0.05) is 17.2 Å². The topological polar surface area (TPSA) is 93.4 Å². The molecule has 0 bridgehead atoms. The maximum Gasteiger partial charge on any atom is 0.291 e. The molecule has 2 aromatic heterocycles. The van der Waals surface area contributed by atoms with Crippen molar-refractivity contribution in [3.8, 4) is 40.1 Å². The molecule has 4 rings (SSSR count). The SMILES string of the molecule is COc1ccc(/C=c2\sc3nc(-c4cc(OC)c(OC)c(OC)c4)nn3c2=O)c(OC)c1. The van der Waals surface area contributed by atoms with Gasteiger partial charge in [-0.25, -0.2) is 0 Å². The van der Waals surface area contributed by atoms with E-state index >= 15 is 0 Å². The molecule has 2 aromatic carbocycles. The fourth-order valence-corrected chi connectivity index (χ4v) is 4.14. The third-order valence-corrected chi connectivity index (χ3v) is 5.79. The molecule has 0 aliphatic heterocycles. The molecule has 32 heavy (non-hydrogen) atoms. The summed E-state index contributed by atoms with van der Waals surface area (Å²) < 4.78 is 28.5. The summed E-state index contributed by atoms with van der Waals surface area (Å²) in [5.74, 6) is 3.06. The maximum atomic E-state index is 13.0. The molecule has 0 saturated heterocycles. The first kappa shape index (κ1) is 21.4. The van der Waals surface area contributed by atoms with Gasteiger partial charge < -0.3 is 23.7 Å². The highest BCUT2D eigenvalue weighted by Gasteiger charge is 2.18. The number of hydrogen-bond acceptors (Lipinski definition) is 9. The largest absolute Gasteiger partial charge is 0.497 e. The number of hydrogen-bond donors (Lipinski definition) is 0. The monoisotopic (exact) mass is 455 g/mol. The Bertz CT molecular complexity index is 1370. The lowest BCUT2D eigenvalue weighted by molar-refractivity contribution is 0.324. The van der Waals surface area contributed by atoms with Gasteiger partial charge in [-0.05, 0) is 30.3 Å². The zero-order chi connectivity index (χ0) is 22.8. The second-order valence-electron chi connectivity index (χ2n) is 6.57. The molecule has 0 spiro atoms. The van der Waals surface area contributed by atoms with Crippen molar-refractivity contribution in [3.63, 3.8) is 0 Å². The lowest BCUT2D eigenvalue weighted by Crippen LogP contribution is -2.23. The van der Waals surface area contributed by atoms with Crippen LogP contribution in [-0.2, 0) is 0 Å². The third-order valence-electron chi connectivity index (χ3n) is 4.83. The highest BCUT2D eigenvalue weighted by molar-refractivity contribution is 7.15. The average Bonchev–Trinajstić information content (AvgIpc) is 3.37. The minimum Gasteiger partial charge on any atom is -0.497 e. The first-order valence-electron chi connectivity index (χ1n) is 9.46. The number of fused-ring (bicyclic) bond motifs is 1. The molecule has 0 aliphatic carbocycles. The van der Waals surface area contributed by atoms with Gasteiger partial charge in [0.25, 0.3) is 5.56 Å². The summed E-state index contributed by atoms with van der Waals surface area (Å²) >= 11 is 1.24. The van der Waals surface area contributed by atoms with Crippen LogP contribution in [0.3, 0.4) is 0 Å². The highest BCUT2D eigenvalue weighted by atomic mass is 32.1. The normalized spacial score (nSPS) is 11.6. The number of ether oxygens (including phenoxy) is 5. The van der Waals surface area contributed by atoms with Crippen LogP contribution in [0.4, 0.5) is 0 Å². The minimum absolute atomic E-state index is 0.269. The zero-order valence-corrected chi connectivity index (χ0v) is 19.0. The highest BCUT2D eigenvalue weighted by Crippen LogP contribution is 2.40. The number of rotatable bonds is 7. The predicted octanol–water partition coefficient (Wildman–Crippen LogP) is 2.41. The maximum absolute atomic E-state index is 13.0. The first-order valence-corrected chi connectivity index (χ1v) is 10.3. The molecule has 166 valence electrons. The lowest BCUT2D eigenvalue weighted by Gasteiger charge is -2.12. The Labute approximate surface area is 187 Å². The second-order valence-corrected chi connectivity index (χ2v) is 7.58. The van der Waals surface area contributed by atoms with Crippen LogP contribution < -0.4 is 33.8 Å². The van der Waals surface area contributed by atoms with E-state index in [4.69, 9.17) is 23.7 Å². The first-order chi connectivity index (χ1) is 15.5. The van der Waals surface area contributed by atoms with Crippen LogP contribution in [0.5, 0.6) is 28.7 Å². The van der Waals surface area contributed by atoms with E-state index in [0.717, 1.165) is 5.56 Å². The van der Waals surface area contributed by atoms with Crippen LogP contribution >= 0.6 is 11.3 Å². The van der Waals surface area contributed by atoms with Crippen molar-refractivity contribution in [1.29, 1.82) is 0 Å². The Morgan fingerprint density at radius 1 is 0.875 bits per heavy atom. The van der Waals surface area contributed by atoms with Gasteiger partial charge in [0.1, 0.15) is 11.5 Å². The van der Waals surface area contributed by atoms with Gasteiger partial charge in [0.2, 0.25) is 10.7 Å². The van der Waals surface area contributed by atoms with Gasteiger partial charge in [-0.3, -0.25) is 4.79 Å². The van der Waals surface area contributed by atoms with Gasteiger partial charge in [-0.15, -0.1) is 5.10 Å². The van der Waals surface area contributed by atoms with E-state index < -0.39 is 0 Å². The third kappa shape index (κ3) is 3.69.